The fraction of sp³-hybridized carbons (Fsp3) is 0.250. The summed E-state index contributed by atoms with van der Waals surface area (Å²) >= 11 is 0. The summed E-state index contributed by atoms with van der Waals surface area (Å²) in [6, 6.07) is 3.66. The number of nitrogens with one attached hydrogen (secondary N) is 1. The molecule has 0 saturated carbocycles. The van der Waals surface area contributed by atoms with Gasteiger partial charge in [0, 0.05) is 35.2 Å². The van der Waals surface area contributed by atoms with E-state index in [1.807, 2.05) is 24.3 Å². The molecule has 0 atom stereocenters. The Bertz CT molecular complexity index is 913. The van der Waals surface area contributed by atoms with Crippen molar-refractivity contribution in [3.8, 4) is 11.3 Å². The lowest BCUT2D eigenvalue weighted by atomic mass is 10.0. The van der Waals surface area contributed by atoms with Gasteiger partial charge in [-0.1, -0.05) is 0 Å². The summed E-state index contributed by atoms with van der Waals surface area (Å²) in [5.74, 6) is 0.914. The first kappa shape index (κ1) is 13.1. The van der Waals surface area contributed by atoms with Crippen LogP contribution >= 0.6 is 0 Å². The second kappa shape index (κ2) is 4.43. The van der Waals surface area contributed by atoms with E-state index in [-0.39, 0.29) is 5.82 Å². The average Bonchev–Trinajstić information content (AvgIpc) is 3.09. The zero-order valence-electron chi connectivity index (χ0n) is 12.4. The number of aromatic nitrogens is 3. The number of anilines is 2. The second-order valence-corrected chi connectivity index (χ2v) is 5.61. The van der Waals surface area contributed by atoms with E-state index in [2.05, 4.69) is 15.3 Å². The first-order valence-electron chi connectivity index (χ1n) is 7.23. The zero-order chi connectivity index (χ0) is 15.4. The van der Waals surface area contributed by atoms with E-state index >= 15 is 0 Å². The molecular weight excluding hydrogens is 281 g/mol. The molecule has 0 aliphatic carbocycles. The number of hydrogen-bond donors (Lipinski definition) is 2. The van der Waals surface area contributed by atoms with Crippen LogP contribution in [0.25, 0.3) is 16.8 Å². The number of hydrogen-bond acceptors (Lipinski definition) is 4. The predicted octanol–water partition coefficient (Wildman–Crippen LogP) is 2.70. The number of imidazole rings is 1. The molecule has 3 N–H and O–H groups in total. The van der Waals surface area contributed by atoms with Crippen LogP contribution in [-0.4, -0.2) is 20.9 Å². The van der Waals surface area contributed by atoms with Gasteiger partial charge in [0.2, 0.25) is 0 Å². The first-order valence-corrected chi connectivity index (χ1v) is 7.23. The molecule has 0 radical (unpaired) electrons. The number of nitrogens with zero attached hydrogens (tertiary/aromatic N) is 3. The van der Waals surface area contributed by atoms with E-state index in [0.29, 0.717) is 29.0 Å². The Morgan fingerprint density at radius 1 is 1.32 bits per heavy atom. The minimum Gasteiger partial charge on any atom is -0.384 e. The van der Waals surface area contributed by atoms with Crippen molar-refractivity contribution in [2.24, 2.45) is 0 Å². The summed E-state index contributed by atoms with van der Waals surface area (Å²) < 4.78 is 16.8. The summed E-state index contributed by atoms with van der Waals surface area (Å²) in [5, 5.41) is 3.18. The van der Waals surface area contributed by atoms with Crippen LogP contribution in [0.15, 0.2) is 18.3 Å². The minimum atomic E-state index is -0.219. The highest BCUT2D eigenvalue weighted by atomic mass is 19.1. The SMILES string of the molecule is Cc1cnc(N)c2c(-c3ccc4c(c3F)CCN4)nc(C)n12. The van der Waals surface area contributed by atoms with Crippen LogP contribution in [0.5, 0.6) is 0 Å². The molecule has 0 saturated heterocycles. The van der Waals surface area contributed by atoms with Crippen LogP contribution in [0, 0.1) is 19.7 Å². The fourth-order valence-corrected chi connectivity index (χ4v) is 3.21. The summed E-state index contributed by atoms with van der Waals surface area (Å²) in [6.07, 6.45) is 2.39. The van der Waals surface area contributed by atoms with Gasteiger partial charge in [-0.3, -0.25) is 4.40 Å². The molecule has 2 aromatic heterocycles. The Morgan fingerprint density at radius 3 is 2.95 bits per heavy atom. The Balaban J connectivity index is 2.06. The molecular formula is C16H16FN5. The van der Waals surface area contributed by atoms with Crippen molar-refractivity contribution in [3.63, 3.8) is 0 Å². The van der Waals surface area contributed by atoms with Crippen molar-refractivity contribution < 1.29 is 4.39 Å². The molecule has 4 rings (SSSR count). The van der Waals surface area contributed by atoms with Crippen molar-refractivity contribution in [1.82, 2.24) is 14.4 Å². The number of aryl methyl sites for hydroxylation is 2. The van der Waals surface area contributed by atoms with Gasteiger partial charge >= 0.3 is 0 Å². The predicted molar refractivity (Wildman–Crippen MR) is 84.5 cm³/mol. The van der Waals surface area contributed by atoms with Crippen molar-refractivity contribution in [2.75, 3.05) is 17.6 Å². The third kappa shape index (κ3) is 1.63. The molecule has 0 unspecified atom stereocenters. The molecule has 1 aromatic carbocycles. The van der Waals surface area contributed by atoms with Crippen LogP contribution < -0.4 is 11.1 Å². The largest absolute Gasteiger partial charge is 0.384 e. The van der Waals surface area contributed by atoms with Gasteiger partial charge in [0.1, 0.15) is 28.7 Å². The number of fused-ring (bicyclic) bond motifs is 2. The van der Waals surface area contributed by atoms with Gasteiger partial charge in [0.25, 0.3) is 0 Å². The van der Waals surface area contributed by atoms with Gasteiger partial charge in [-0.2, -0.15) is 0 Å². The lowest BCUT2D eigenvalue weighted by Gasteiger charge is -2.08. The quantitative estimate of drug-likeness (QED) is 0.724. The topological polar surface area (TPSA) is 68.2 Å². The zero-order valence-corrected chi connectivity index (χ0v) is 12.4. The summed E-state index contributed by atoms with van der Waals surface area (Å²) in [5.41, 5.74) is 10.2. The van der Waals surface area contributed by atoms with Gasteiger partial charge in [0.15, 0.2) is 0 Å². The van der Waals surface area contributed by atoms with Crippen LogP contribution in [0.1, 0.15) is 17.1 Å². The van der Waals surface area contributed by atoms with Crippen molar-refractivity contribution in [1.29, 1.82) is 0 Å². The fourth-order valence-electron chi connectivity index (χ4n) is 3.21. The Morgan fingerprint density at radius 2 is 2.14 bits per heavy atom. The monoisotopic (exact) mass is 297 g/mol. The molecule has 3 aromatic rings. The number of rotatable bonds is 1. The average molecular weight is 297 g/mol. The van der Waals surface area contributed by atoms with E-state index in [0.717, 1.165) is 29.3 Å². The van der Waals surface area contributed by atoms with E-state index in [1.165, 1.54) is 0 Å². The molecule has 1 aliphatic rings. The third-order valence-electron chi connectivity index (χ3n) is 4.22. The second-order valence-electron chi connectivity index (χ2n) is 5.61. The van der Waals surface area contributed by atoms with Gasteiger partial charge < -0.3 is 11.1 Å². The highest BCUT2D eigenvalue weighted by Crippen LogP contribution is 2.35. The van der Waals surface area contributed by atoms with Crippen LogP contribution in [0.3, 0.4) is 0 Å². The van der Waals surface area contributed by atoms with Crippen LogP contribution in [-0.2, 0) is 6.42 Å². The van der Waals surface area contributed by atoms with Crippen molar-refractivity contribution in [3.05, 3.63) is 41.2 Å². The van der Waals surface area contributed by atoms with Gasteiger partial charge in [-0.05, 0) is 32.4 Å². The molecule has 1 aliphatic heterocycles. The summed E-state index contributed by atoms with van der Waals surface area (Å²) in [6.45, 7) is 4.58. The van der Waals surface area contributed by atoms with Gasteiger partial charge in [0.05, 0.1) is 0 Å². The van der Waals surface area contributed by atoms with E-state index in [4.69, 9.17) is 5.73 Å². The first-order chi connectivity index (χ1) is 10.6. The minimum absolute atomic E-state index is 0.219. The molecule has 0 bridgehead atoms. The maximum Gasteiger partial charge on any atom is 0.150 e. The molecule has 22 heavy (non-hydrogen) atoms. The summed E-state index contributed by atoms with van der Waals surface area (Å²) in [7, 11) is 0. The molecule has 0 fully saturated rings. The maximum absolute atomic E-state index is 14.9. The van der Waals surface area contributed by atoms with E-state index < -0.39 is 0 Å². The molecule has 3 heterocycles. The normalized spacial score (nSPS) is 13.4. The number of nitrogen functional groups attached to an aromatic ring is 1. The van der Waals surface area contributed by atoms with Gasteiger partial charge in [-0.25, -0.2) is 14.4 Å². The summed E-state index contributed by atoms with van der Waals surface area (Å²) in [4.78, 5) is 8.74. The lowest BCUT2D eigenvalue weighted by Crippen LogP contribution is -2.01. The standard InChI is InChI=1S/C16H16FN5/c1-8-7-20-16(18)15-14(21-9(2)22(8)15)11-3-4-12-10(13(11)17)5-6-19-12/h3-4,7,19H,5-6H2,1-2H3,(H2,18,20). The molecule has 0 amide bonds. The van der Waals surface area contributed by atoms with Crippen LogP contribution in [0.2, 0.25) is 0 Å². The lowest BCUT2D eigenvalue weighted by molar-refractivity contribution is 0.618. The van der Waals surface area contributed by atoms with Crippen molar-refractivity contribution >= 4 is 17.0 Å². The highest BCUT2D eigenvalue weighted by molar-refractivity contribution is 5.87. The molecule has 5 nitrogen and oxygen atoms in total. The third-order valence-corrected chi connectivity index (χ3v) is 4.22. The molecule has 112 valence electrons. The van der Waals surface area contributed by atoms with Crippen LogP contribution in [0.4, 0.5) is 15.9 Å². The number of benzene rings is 1. The maximum atomic E-state index is 14.9. The molecule has 6 heteroatoms. The number of nitrogens with two attached hydrogens (primary N) is 1. The van der Waals surface area contributed by atoms with E-state index in [9.17, 15) is 4.39 Å². The van der Waals surface area contributed by atoms with Gasteiger partial charge in [-0.15, -0.1) is 0 Å². The Kier molecular flexibility index (Phi) is 2.63. The number of halogens is 1. The smallest absolute Gasteiger partial charge is 0.150 e. The van der Waals surface area contributed by atoms with Crippen molar-refractivity contribution in [2.45, 2.75) is 20.3 Å². The van der Waals surface area contributed by atoms with E-state index in [1.54, 1.807) is 12.3 Å². The molecule has 0 spiro atoms. The highest BCUT2D eigenvalue weighted by Gasteiger charge is 2.23. The Labute approximate surface area is 127 Å². The Hall–Kier alpha value is -2.63.